The van der Waals surface area contributed by atoms with Gasteiger partial charge in [-0.1, -0.05) is 42.4 Å². The fourth-order valence-corrected chi connectivity index (χ4v) is 5.51. The molecule has 1 saturated heterocycles. The van der Waals surface area contributed by atoms with Crippen LogP contribution in [0.2, 0.25) is 0 Å². The highest BCUT2D eigenvalue weighted by Crippen LogP contribution is 2.45. The van der Waals surface area contributed by atoms with Crippen molar-refractivity contribution < 1.29 is 19.8 Å². The minimum atomic E-state index is -1.69. The molecule has 2 amide bonds. The topological polar surface area (TPSA) is 81.1 Å². The second kappa shape index (κ2) is 12.5. The van der Waals surface area contributed by atoms with Crippen LogP contribution < -0.4 is 4.90 Å². The number of fused-ring (bicyclic) bond motifs is 1. The van der Waals surface area contributed by atoms with E-state index in [9.17, 15) is 19.8 Å². The fraction of sp³-hybridized carbons (Fsp3) is 0.517. The van der Waals surface area contributed by atoms with Crippen molar-refractivity contribution in [1.29, 1.82) is 0 Å². The van der Waals surface area contributed by atoms with E-state index in [1.165, 1.54) is 11.1 Å². The van der Waals surface area contributed by atoms with E-state index in [4.69, 9.17) is 0 Å². The monoisotopic (exact) mass is 606 g/mol. The van der Waals surface area contributed by atoms with Gasteiger partial charge in [-0.2, -0.15) is 0 Å². The first kappa shape index (κ1) is 28.6. The number of anilines is 1. The van der Waals surface area contributed by atoms with Gasteiger partial charge in [0.15, 0.2) is 5.60 Å². The third-order valence-corrected chi connectivity index (χ3v) is 7.90. The van der Waals surface area contributed by atoms with Crippen LogP contribution in [0.4, 0.5) is 5.69 Å². The second-order valence-corrected chi connectivity index (χ2v) is 11.4. The zero-order chi connectivity index (χ0) is 26.5. The zero-order valence-electron chi connectivity index (χ0n) is 21.8. The van der Waals surface area contributed by atoms with E-state index in [2.05, 4.69) is 55.5 Å². The summed E-state index contributed by atoms with van der Waals surface area (Å²) < 4.78 is 0.948. The first-order chi connectivity index (χ1) is 17.1. The van der Waals surface area contributed by atoms with E-state index in [-0.39, 0.29) is 30.9 Å². The van der Waals surface area contributed by atoms with Crippen molar-refractivity contribution in [2.24, 2.45) is 5.92 Å². The Morgan fingerprint density at radius 3 is 2.72 bits per heavy atom. The van der Waals surface area contributed by atoms with Crippen molar-refractivity contribution in [3.8, 4) is 0 Å². The number of aliphatic hydroxyl groups excluding tert-OH is 1. The SMILES string of the molecule is CC(C)=CCC/C(C)=C/CN1C(=O)[C@](O)([C@H](C)/C=C/CC(=O)N2CCC[C@H]2CO)c2cc(I)ccc21. The number of carbonyl (C=O) groups excluding carboxylic acids is 2. The number of allylic oxidation sites excluding steroid dienone is 3. The Morgan fingerprint density at radius 2 is 2.03 bits per heavy atom. The maximum absolute atomic E-state index is 13.6. The summed E-state index contributed by atoms with van der Waals surface area (Å²) in [6, 6.07) is 5.63. The van der Waals surface area contributed by atoms with Crippen LogP contribution >= 0.6 is 22.6 Å². The molecule has 1 aromatic carbocycles. The van der Waals surface area contributed by atoms with E-state index < -0.39 is 11.5 Å². The lowest BCUT2D eigenvalue weighted by Crippen LogP contribution is -2.44. The molecule has 0 bridgehead atoms. The minimum absolute atomic E-state index is 0.0196. The van der Waals surface area contributed by atoms with Crippen molar-refractivity contribution >= 4 is 40.1 Å². The molecule has 2 aliphatic heterocycles. The van der Waals surface area contributed by atoms with Crippen LogP contribution in [0.3, 0.4) is 0 Å². The van der Waals surface area contributed by atoms with E-state index in [1.807, 2.05) is 25.1 Å². The highest BCUT2D eigenvalue weighted by molar-refractivity contribution is 14.1. The minimum Gasteiger partial charge on any atom is -0.394 e. The number of amides is 2. The van der Waals surface area contributed by atoms with Crippen molar-refractivity contribution in [1.82, 2.24) is 4.90 Å². The second-order valence-electron chi connectivity index (χ2n) is 10.2. The Morgan fingerprint density at radius 1 is 1.28 bits per heavy atom. The van der Waals surface area contributed by atoms with Gasteiger partial charge in [-0.05, 0) is 87.2 Å². The molecule has 0 aliphatic carbocycles. The van der Waals surface area contributed by atoms with Gasteiger partial charge in [0.2, 0.25) is 5.91 Å². The first-order valence-electron chi connectivity index (χ1n) is 12.8. The summed E-state index contributed by atoms with van der Waals surface area (Å²) in [4.78, 5) is 29.7. The van der Waals surface area contributed by atoms with Gasteiger partial charge in [0.05, 0.1) is 18.3 Å². The number of hydrogen-bond acceptors (Lipinski definition) is 4. The van der Waals surface area contributed by atoms with Gasteiger partial charge in [-0.3, -0.25) is 9.59 Å². The summed E-state index contributed by atoms with van der Waals surface area (Å²) >= 11 is 2.20. The third-order valence-electron chi connectivity index (χ3n) is 7.23. The lowest BCUT2D eigenvalue weighted by Gasteiger charge is -2.27. The quantitative estimate of drug-likeness (QED) is 0.288. The lowest BCUT2D eigenvalue weighted by molar-refractivity contribution is -0.139. The van der Waals surface area contributed by atoms with Crippen molar-refractivity contribution in [3.63, 3.8) is 0 Å². The van der Waals surface area contributed by atoms with Crippen LogP contribution in [-0.4, -0.2) is 52.7 Å². The predicted octanol–water partition coefficient (Wildman–Crippen LogP) is 5.08. The number of likely N-dealkylation sites (tertiary alicyclic amines) is 1. The first-order valence-corrected chi connectivity index (χ1v) is 13.9. The van der Waals surface area contributed by atoms with Crippen LogP contribution in [0.1, 0.15) is 65.4 Å². The molecule has 1 aromatic rings. The molecular weight excluding hydrogens is 567 g/mol. The normalized spacial score (nSPS) is 22.9. The number of aliphatic hydroxyl groups is 2. The number of rotatable bonds is 10. The van der Waals surface area contributed by atoms with Gasteiger partial charge in [0.1, 0.15) is 0 Å². The van der Waals surface area contributed by atoms with Gasteiger partial charge >= 0.3 is 0 Å². The Hall–Kier alpha value is -1.97. The highest BCUT2D eigenvalue weighted by Gasteiger charge is 2.52. The summed E-state index contributed by atoms with van der Waals surface area (Å²) in [6.07, 6.45) is 11.6. The van der Waals surface area contributed by atoms with Crippen LogP contribution in [0.5, 0.6) is 0 Å². The van der Waals surface area contributed by atoms with Gasteiger partial charge in [-0.25, -0.2) is 0 Å². The van der Waals surface area contributed by atoms with Crippen molar-refractivity contribution in [2.45, 2.75) is 71.4 Å². The van der Waals surface area contributed by atoms with Gasteiger partial charge < -0.3 is 20.0 Å². The molecule has 0 radical (unpaired) electrons. The van der Waals surface area contributed by atoms with Crippen molar-refractivity contribution in [2.75, 3.05) is 24.6 Å². The van der Waals surface area contributed by atoms with Crippen molar-refractivity contribution in [3.05, 3.63) is 62.8 Å². The standard InChI is InChI=1S/C29H39IN2O4/c1-20(2)8-5-9-21(3)15-17-32-26-14-13-23(30)18-25(26)29(36,28(32)35)22(4)10-6-12-27(34)31-16-7-11-24(31)19-33/h6,8,10,13-15,18,22,24,33,36H,5,7,9,11-12,16-17,19H2,1-4H3/b10-6+,21-15+/t22-,24+,29+/m1/s1. The molecule has 2 heterocycles. The Labute approximate surface area is 228 Å². The molecular formula is C29H39IN2O4. The van der Waals surface area contributed by atoms with E-state index in [0.29, 0.717) is 18.7 Å². The molecule has 6 nitrogen and oxygen atoms in total. The highest BCUT2D eigenvalue weighted by atomic mass is 127. The molecule has 3 rings (SSSR count). The predicted molar refractivity (Wildman–Crippen MR) is 153 cm³/mol. The van der Waals surface area contributed by atoms with E-state index in [0.717, 1.165) is 34.9 Å². The van der Waals surface area contributed by atoms with Crippen LogP contribution in [0, 0.1) is 9.49 Å². The Kier molecular flexibility index (Phi) is 9.94. The molecule has 1 fully saturated rings. The smallest absolute Gasteiger partial charge is 0.264 e. The third kappa shape index (κ3) is 6.29. The number of halogens is 1. The molecule has 36 heavy (non-hydrogen) atoms. The Bertz CT molecular complexity index is 1060. The van der Waals surface area contributed by atoms with E-state index in [1.54, 1.807) is 22.0 Å². The molecule has 0 aromatic heterocycles. The molecule has 3 atom stereocenters. The number of nitrogens with zero attached hydrogens (tertiary/aromatic N) is 2. The average molecular weight is 607 g/mol. The Balaban J connectivity index is 1.76. The summed E-state index contributed by atoms with van der Waals surface area (Å²) in [6.45, 7) is 9.12. The summed E-state index contributed by atoms with van der Waals surface area (Å²) in [5, 5.41) is 21.3. The van der Waals surface area contributed by atoms with Gasteiger partial charge in [-0.15, -0.1) is 0 Å². The molecule has 0 unspecified atom stereocenters. The van der Waals surface area contributed by atoms with Crippen LogP contribution in [0.25, 0.3) is 0 Å². The maximum Gasteiger partial charge on any atom is 0.264 e. The summed E-state index contributed by atoms with van der Waals surface area (Å²) in [5.41, 5.74) is 2.15. The molecule has 196 valence electrons. The average Bonchev–Trinajstić information content (AvgIpc) is 3.39. The largest absolute Gasteiger partial charge is 0.394 e. The molecule has 0 saturated carbocycles. The zero-order valence-corrected chi connectivity index (χ0v) is 24.0. The van der Waals surface area contributed by atoms with E-state index >= 15 is 0 Å². The fourth-order valence-electron chi connectivity index (χ4n) is 5.02. The number of benzene rings is 1. The van der Waals surface area contributed by atoms with Gasteiger partial charge in [0.25, 0.3) is 5.91 Å². The molecule has 2 aliphatic rings. The van der Waals surface area contributed by atoms with Gasteiger partial charge in [0, 0.05) is 34.6 Å². The van der Waals surface area contributed by atoms with Crippen LogP contribution in [-0.2, 0) is 15.2 Å². The lowest BCUT2D eigenvalue weighted by atomic mass is 9.83. The number of carbonyl (C=O) groups is 2. The molecule has 0 spiro atoms. The number of hydrogen-bond donors (Lipinski definition) is 2. The maximum atomic E-state index is 13.6. The summed E-state index contributed by atoms with van der Waals surface area (Å²) in [7, 11) is 0. The molecule has 2 N–H and O–H groups in total. The molecule has 7 heteroatoms. The summed E-state index contributed by atoms with van der Waals surface area (Å²) in [5.74, 6) is -0.893. The van der Waals surface area contributed by atoms with Crippen LogP contribution in [0.15, 0.2) is 53.6 Å².